The van der Waals surface area contributed by atoms with Crippen LogP contribution in [-0.2, 0) is 0 Å². The van der Waals surface area contributed by atoms with Gasteiger partial charge in [-0.2, -0.15) is 0 Å². The molecule has 0 N–H and O–H groups in total. The zero-order chi connectivity index (χ0) is 44.3. The van der Waals surface area contributed by atoms with Gasteiger partial charge in [-0.05, 0) is 99.8 Å². The first kappa shape index (κ1) is 38.4. The molecule has 12 aromatic rings. The first-order chi connectivity index (χ1) is 33.2. The Hall–Kier alpha value is -9.06. The van der Waals surface area contributed by atoms with Gasteiger partial charge >= 0.3 is 0 Å². The highest BCUT2D eigenvalue weighted by Gasteiger charge is 2.27. The van der Waals surface area contributed by atoms with E-state index in [0.717, 1.165) is 90.1 Å². The van der Waals surface area contributed by atoms with E-state index in [-0.39, 0.29) is 0 Å². The minimum absolute atomic E-state index is 0.683. The standard InChI is InChI=1S/C62H40N4O/c1-4-16-41(17-5-1)42-30-32-44(33-31-42)52-40-53(64-62(63-52)45-19-6-2-7-20-45)47-21-14-24-49(38-47)66-56-28-15-26-51(61(56)60-50-25-11-10-18-43(50)34-37-57(60)66)46-35-36-55-59(39-46)67-58-29-13-12-27-54(58)65(55)48-22-8-3-9-23-48/h1-40H. The van der Waals surface area contributed by atoms with Gasteiger partial charge in [0, 0.05) is 38.8 Å². The van der Waals surface area contributed by atoms with Crippen LogP contribution in [0.15, 0.2) is 243 Å². The number of hydrogen-bond acceptors (Lipinski definition) is 4. The molecule has 5 heteroatoms. The Balaban J connectivity index is 0.974. The van der Waals surface area contributed by atoms with E-state index in [2.05, 4.69) is 216 Å². The van der Waals surface area contributed by atoms with E-state index in [9.17, 15) is 0 Å². The van der Waals surface area contributed by atoms with Gasteiger partial charge in [0.25, 0.3) is 0 Å². The van der Waals surface area contributed by atoms with E-state index in [4.69, 9.17) is 14.7 Å². The molecule has 0 saturated heterocycles. The summed E-state index contributed by atoms with van der Waals surface area (Å²) in [5.41, 5.74) is 15.7. The van der Waals surface area contributed by atoms with Crippen LogP contribution in [0.5, 0.6) is 11.5 Å². The third kappa shape index (κ3) is 6.64. The monoisotopic (exact) mass is 856 g/mol. The van der Waals surface area contributed by atoms with E-state index < -0.39 is 0 Å². The molecule has 0 unspecified atom stereocenters. The lowest BCUT2D eigenvalue weighted by atomic mass is 9.96. The summed E-state index contributed by atoms with van der Waals surface area (Å²) in [4.78, 5) is 12.7. The highest BCUT2D eigenvalue weighted by molar-refractivity contribution is 6.25. The molecule has 314 valence electrons. The molecule has 0 saturated carbocycles. The zero-order valence-electron chi connectivity index (χ0n) is 36.3. The van der Waals surface area contributed by atoms with Crippen molar-refractivity contribution in [2.75, 3.05) is 4.90 Å². The van der Waals surface area contributed by atoms with E-state index in [1.54, 1.807) is 0 Å². The van der Waals surface area contributed by atoms with Crippen molar-refractivity contribution >= 4 is 49.6 Å². The van der Waals surface area contributed by atoms with Crippen LogP contribution in [0, 0.1) is 0 Å². The largest absolute Gasteiger partial charge is 0.453 e. The van der Waals surface area contributed by atoms with Crippen molar-refractivity contribution in [3.63, 3.8) is 0 Å². The summed E-state index contributed by atoms with van der Waals surface area (Å²) in [6.07, 6.45) is 0. The summed E-state index contributed by atoms with van der Waals surface area (Å²) >= 11 is 0. The zero-order valence-corrected chi connectivity index (χ0v) is 36.3. The summed E-state index contributed by atoms with van der Waals surface area (Å²) < 4.78 is 9.14. The number of nitrogens with zero attached hydrogens (tertiary/aromatic N) is 4. The second kappa shape index (κ2) is 15.9. The maximum absolute atomic E-state index is 6.73. The van der Waals surface area contributed by atoms with Gasteiger partial charge in [0.05, 0.1) is 33.8 Å². The van der Waals surface area contributed by atoms with Crippen molar-refractivity contribution in [1.29, 1.82) is 0 Å². The molecule has 2 aromatic heterocycles. The average Bonchev–Trinajstić information content (AvgIpc) is 3.76. The molecule has 10 aromatic carbocycles. The van der Waals surface area contributed by atoms with Crippen LogP contribution < -0.4 is 9.64 Å². The molecule has 0 spiro atoms. The smallest absolute Gasteiger partial charge is 0.160 e. The summed E-state index contributed by atoms with van der Waals surface area (Å²) in [6, 6.07) is 85.6. The fraction of sp³-hybridized carbons (Fsp3) is 0. The number of rotatable bonds is 7. The second-order valence-corrected chi connectivity index (χ2v) is 17.0. The highest BCUT2D eigenvalue weighted by Crippen LogP contribution is 2.52. The third-order valence-electron chi connectivity index (χ3n) is 13.0. The fourth-order valence-electron chi connectivity index (χ4n) is 9.85. The van der Waals surface area contributed by atoms with Gasteiger partial charge in [-0.3, -0.25) is 0 Å². The van der Waals surface area contributed by atoms with Gasteiger partial charge in [0.1, 0.15) is 0 Å². The van der Waals surface area contributed by atoms with E-state index in [0.29, 0.717) is 5.82 Å². The van der Waals surface area contributed by atoms with Gasteiger partial charge in [0.2, 0.25) is 0 Å². The summed E-state index contributed by atoms with van der Waals surface area (Å²) in [5, 5.41) is 4.79. The first-order valence-electron chi connectivity index (χ1n) is 22.6. The molecule has 0 fully saturated rings. The lowest BCUT2D eigenvalue weighted by Gasteiger charge is -2.33. The quantitative estimate of drug-likeness (QED) is 0.160. The minimum Gasteiger partial charge on any atom is -0.453 e. The van der Waals surface area contributed by atoms with Gasteiger partial charge in [-0.15, -0.1) is 0 Å². The maximum atomic E-state index is 6.73. The molecule has 67 heavy (non-hydrogen) atoms. The molecule has 1 aliphatic rings. The minimum atomic E-state index is 0.683. The van der Waals surface area contributed by atoms with Crippen molar-refractivity contribution in [1.82, 2.24) is 14.5 Å². The van der Waals surface area contributed by atoms with Crippen LogP contribution in [0.2, 0.25) is 0 Å². The molecule has 3 heterocycles. The predicted molar refractivity (Wildman–Crippen MR) is 276 cm³/mol. The summed E-state index contributed by atoms with van der Waals surface area (Å²) in [6.45, 7) is 0. The van der Waals surface area contributed by atoms with Crippen molar-refractivity contribution in [3.05, 3.63) is 243 Å². The Morgan fingerprint density at radius 1 is 0.343 bits per heavy atom. The summed E-state index contributed by atoms with van der Waals surface area (Å²) in [7, 11) is 0. The maximum Gasteiger partial charge on any atom is 0.160 e. The molecule has 5 nitrogen and oxygen atoms in total. The van der Waals surface area contributed by atoms with Gasteiger partial charge < -0.3 is 14.2 Å². The highest BCUT2D eigenvalue weighted by atomic mass is 16.5. The van der Waals surface area contributed by atoms with E-state index in [1.165, 1.54) is 27.1 Å². The molecule has 0 aliphatic carbocycles. The van der Waals surface area contributed by atoms with Crippen molar-refractivity contribution in [2.45, 2.75) is 0 Å². The molecule has 1 aliphatic heterocycles. The number of para-hydroxylation sites is 3. The Morgan fingerprint density at radius 3 is 1.76 bits per heavy atom. The van der Waals surface area contributed by atoms with Gasteiger partial charge in [-0.25, -0.2) is 9.97 Å². The fourth-order valence-corrected chi connectivity index (χ4v) is 9.85. The van der Waals surface area contributed by atoms with E-state index >= 15 is 0 Å². The van der Waals surface area contributed by atoms with Crippen molar-refractivity contribution in [3.8, 4) is 73.3 Å². The normalized spacial score (nSPS) is 12.0. The van der Waals surface area contributed by atoms with Crippen LogP contribution >= 0.6 is 0 Å². The Morgan fingerprint density at radius 2 is 0.940 bits per heavy atom. The number of benzene rings is 10. The number of ether oxygens (including phenoxy) is 1. The van der Waals surface area contributed by atoms with E-state index in [1.807, 2.05) is 36.4 Å². The molecular formula is C62H40N4O. The topological polar surface area (TPSA) is 43.2 Å². The summed E-state index contributed by atoms with van der Waals surface area (Å²) in [5.74, 6) is 2.32. The van der Waals surface area contributed by atoms with Gasteiger partial charge in [0.15, 0.2) is 17.3 Å². The van der Waals surface area contributed by atoms with Crippen molar-refractivity contribution in [2.24, 2.45) is 0 Å². The van der Waals surface area contributed by atoms with Crippen LogP contribution in [0.25, 0.3) is 94.4 Å². The molecule has 0 radical (unpaired) electrons. The number of hydrogen-bond donors (Lipinski definition) is 0. The second-order valence-electron chi connectivity index (χ2n) is 17.0. The Kier molecular flexibility index (Phi) is 9.10. The van der Waals surface area contributed by atoms with Crippen molar-refractivity contribution < 1.29 is 4.74 Å². The van der Waals surface area contributed by atoms with Gasteiger partial charge in [-0.1, -0.05) is 176 Å². The lowest BCUT2D eigenvalue weighted by Crippen LogP contribution is -2.15. The van der Waals surface area contributed by atoms with Crippen LogP contribution in [-0.4, -0.2) is 14.5 Å². The van der Waals surface area contributed by atoms with Crippen LogP contribution in [0.1, 0.15) is 0 Å². The molecule has 0 atom stereocenters. The third-order valence-corrected chi connectivity index (χ3v) is 13.0. The number of anilines is 3. The Bertz CT molecular complexity index is 3830. The molecule has 0 bridgehead atoms. The molecular weight excluding hydrogens is 817 g/mol. The molecule has 13 rings (SSSR count). The Labute approximate surface area is 388 Å². The lowest BCUT2D eigenvalue weighted by molar-refractivity contribution is 0.477. The average molecular weight is 857 g/mol. The molecule has 0 amide bonds. The van der Waals surface area contributed by atoms with Crippen LogP contribution in [0.4, 0.5) is 17.1 Å². The number of aromatic nitrogens is 3. The number of fused-ring (bicyclic) bond motifs is 7. The SMILES string of the molecule is c1ccc(-c2ccc(-c3cc(-c4cccc(-n5c6cccc(-c7ccc8c(c7)Oc7ccccc7N8c7ccccc7)c6c6c7ccccc7ccc65)c4)nc(-c4ccccc4)n3)cc2)cc1. The predicted octanol–water partition coefficient (Wildman–Crippen LogP) is 16.6. The first-order valence-corrected chi connectivity index (χ1v) is 22.6. The van der Waals surface area contributed by atoms with Crippen LogP contribution in [0.3, 0.4) is 0 Å².